The Balaban J connectivity index is 2.16. The first-order valence-electron chi connectivity index (χ1n) is 5.46. The van der Waals surface area contributed by atoms with Gasteiger partial charge in [-0.15, -0.1) is 0 Å². The van der Waals surface area contributed by atoms with Crippen LogP contribution in [0, 0.1) is 0 Å². The third-order valence-corrected chi connectivity index (χ3v) is 2.58. The molecule has 0 aliphatic heterocycles. The van der Waals surface area contributed by atoms with E-state index >= 15 is 0 Å². The van der Waals surface area contributed by atoms with Crippen LogP contribution in [0.5, 0.6) is 6.01 Å². The fraction of sp³-hybridized carbons (Fsp3) is 0.250. The molecule has 94 valence electrons. The maximum atomic E-state index is 5.78. The van der Waals surface area contributed by atoms with Crippen molar-refractivity contribution in [1.82, 2.24) is 15.0 Å². The van der Waals surface area contributed by atoms with Crippen LogP contribution in [0.15, 0.2) is 30.3 Å². The molecule has 0 radical (unpaired) electrons. The van der Waals surface area contributed by atoms with Crippen molar-refractivity contribution in [2.45, 2.75) is 13.0 Å². The molecule has 1 aromatic heterocycles. The Kier molecular flexibility index (Phi) is 3.94. The van der Waals surface area contributed by atoms with Crippen molar-refractivity contribution in [2.75, 3.05) is 12.4 Å². The number of anilines is 1. The molecule has 0 fully saturated rings. The van der Waals surface area contributed by atoms with Crippen LogP contribution in [0.3, 0.4) is 0 Å². The van der Waals surface area contributed by atoms with Gasteiger partial charge in [-0.2, -0.15) is 15.0 Å². The van der Waals surface area contributed by atoms with Crippen molar-refractivity contribution < 1.29 is 4.74 Å². The minimum Gasteiger partial charge on any atom is -0.467 e. The molecule has 6 heteroatoms. The molecule has 0 spiro atoms. The first kappa shape index (κ1) is 12.6. The van der Waals surface area contributed by atoms with Gasteiger partial charge in [0.1, 0.15) is 0 Å². The van der Waals surface area contributed by atoms with E-state index in [1.54, 1.807) is 0 Å². The molecule has 2 rings (SSSR count). The molecule has 1 unspecified atom stereocenters. The van der Waals surface area contributed by atoms with Gasteiger partial charge in [0, 0.05) is 0 Å². The molecule has 0 bridgehead atoms. The largest absolute Gasteiger partial charge is 0.467 e. The SMILES string of the molecule is COc1nc(Cl)nc(NC(C)c2ccccc2)n1. The third-order valence-electron chi connectivity index (χ3n) is 2.42. The van der Waals surface area contributed by atoms with Crippen molar-refractivity contribution >= 4 is 17.5 Å². The van der Waals surface area contributed by atoms with Crippen LogP contribution in [0.1, 0.15) is 18.5 Å². The van der Waals surface area contributed by atoms with Crippen molar-refractivity contribution in [3.63, 3.8) is 0 Å². The van der Waals surface area contributed by atoms with Crippen LogP contribution < -0.4 is 10.1 Å². The summed E-state index contributed by atoms with van der Waals surface area (Å²) >= 11 is 5.78. The number of nitrogens with one attached hydrogen (secondary N) is 1. The Hall–Kier alpha value is -1.88. The van der Waals surface area contributed by atoms with E-state index < -0.39 is 0 Å². The molecule has 0 amide bonds. The number of methoxy groups -OCH3 is 1. The van der Waals surface area contributed by atoms with Gasteiger partial charge in [-0.3, -0.25) is 0 Å². The third kappa shape index (κ3) is 3.07. The Morgan fingerprint density at radius 3 is 2.56 bits per heavy atom. The molecule has 0 aliphatic carbocycles. The topological polar surface area (TPSA) is 59.9 Å². The second-order valence-corrected chi connectivity index (χ2v) is 4.03. The summed E-state index contributed by atoms with van der Waals surface area (Å²) in [6, 6.07) is 10.2. The molecule has 0 saturated heterocycles. The highest BCUT2D eigenvalue weighted by Crippen LogP contribution is 2.18. The molecule has 1 atom stereocenters. The Labute approximate surface area is 110 Å². The molecule has 0 aliphatic rings. The van der Waals surface area contributed by atoms with E-state index in [9.17, 15) is 0 Å². The van der Waals surface area contributed by atoms with Crippen LogP contribution in [0.2, 0.25) is 5.28 Å². The van der Waals surface area contributed by atoms with Gasteiger partial charge < -0.3 is 10.1 Å². The smallest absolute Gasteiger partial charge is 0.322 e. The molecular formula is C12H13ClN4O. The summed E-state index contributed by atoms with van der Waals surface area (Å²) in [5.41, 5.74) is 1.13. The number of halogens is 1. The van der Waals surface area contributed by atoms with Crippen molar-refractivity contribution in [2.24, 2.45) is 0 Å². The molecule has 1 heterocycles. The number of rotatable bonds is 4. The monoisotopic (exact) mass is 264 g/mol. The lowest BCUT2D eigenvalue weighted by Crippen LogP contribution is -2.10. The predicted octanol–water partition coefficient (Wildman–Crippen LogP) is 2.71. The van der Waals surface area contributed by atoms with Gasteiger partial charge in [-0.05, 0) is 24.1 Å². The first-order valence-corrected chi connectivity index (χ1v) is 5.84. The minimum absolute atomic E-state index is 0.0642. The van der Waals surface area contributed by atoms with E-state index in [1.807, 2.05) is 37.3 Å². The summed E-state index contributed by atoms with van der Waals surface area (Å²) in [5.74, 6) is 0.392. The maximum absolute atomic E-state index is 5.78. The molecule has 1 N–H and O–H groups in total. The number of hydrogen-bond donors (Lipinski definition) is 1. The highest BCUT2D eigenvalue weighted by atomic mass is 35.5. The number of benzene rings is 1. The van der Waals surface area contributed by atoms with Crippen LogP contribution in [0.25, 0.3) is 0 Å². The van der Waals surface area contributed by atoms with Crippen molar-refractivity contribution in [3.8, 4) is 6.01 Å². The van der Waals surface area contributed by atoms with Crippen LogP contribution >= 0.6 is 11.6 Å². The van der Waals surface area contributed by atoms with Crippen LogP contribution in [-0.2, 0) is 0 Å². The predicted molar refractivity (Wildman–Crippen MR) is 69.9 cm³/mol. The summed E-state index contributed by atoms with van der Waals surface area (Å²) < 4.78 is 4.94. The normalized spacial score (nSPS) is 11.9. The molecule has 2 aromatic rings. The van der Waals surface area contributed by atoms with Gasteiger partial charge in [0.15, 0.2) is 0 Å². The summed E-state index contributed by atoms with van der Waals surface area (Å²) in [6.07, 6.45) is 0. The Morgan fingerprint density at radius 1 is 1.17 bits per heavy atom. The fourth-order valence-corrected chi connectivity index (χ4v) is 1.66. The van der Waals surface area contributed by atoms with E-state index in [0.29, 0.717) is 5.95 Å². The van der Waals surface area contributed by atoms with E-state index in [4.69, 9.17) is 16.3 Å². The lowest BCUT2D eigenvalue weighted by molar-refractivity contribution is 0.378. The summed E-state index contributed by atoms with van der Waals surface area (Å²) in [7, 11) is 1.48. The zero-order valence-corrected chi connectivity index (χ0v) is 10.8. The average molecular weight is 265 g/mol. The number of aromatic nitrogens is 3. The second kappa shape index (κ2) is 5.64. The number of hydrogen-bond acceptors (Lipinski definition) is 5. The second-order valence-electron chi connectivity index (χ2n) is 3.69. The zero-order valence-electron chi connectivity index (χ0n) is 10.1. The molecular weight excluding hydrogens is 252 g/mol. The van der Waals surface area contributed by atoms with Crippen LogP contribution in [0.4, 0.5) is 5.95 Å². The molecule has 0 saturated carbocycles. The van der Waals surface area contributed by atoms with Crippen molar-refractivity contribution in [1.29, 1.82) is 0 Å². The van der Waals surface area contributed by atoms with Gasteiger partial charge in [-0.25, -0.2) is 0 Å². The van der Waals surface area contributed by atoms with Gasteiger partial charge >= 0.3 is 6.01 Å². The molecule has 1 aromatic carbocycles. The maximum Gasteiger partial charge on any atom is 0.322 e. The Morgan fingerprint density at radius 2 is 1.89 bits per heavy atom. The highest BCUT2D eigenvalue weighted by Gasteiger charge is 2.09. The van der Waals surface area contributed by atoms with E-state index in [0.717, 1.165) is 5.56 Å². The van der Waals surface area contributed by atoms with Gasteiger partial charge in [0.05, 0.1) is 13.2 Å². The van der Waals surface area contributed by atoms with Gasteiger partial charge in [0.2, 0.25) is 11.2 Å². The molecule has 18 heavy (non-hydrogen) atoms. The quantitative estimate of drug-likeness (QED) is 0.920. The van der Waals surface area contributed by atoms with Crippen molar-refractivity contribution in [3.05, 3.63) is 41.2 Å². The van der Waals surface area contributed by atoms with Gasteiger partial charge in [0.25, 0.3) is 0 Å². The lowest BCUT2D eigenvalue weighted by Gasteiger charge is -2.14. The zero-order chi connectivity index (χ0) is 13.0. The summed E-state index contributed by atoms with van der Waals surface area (Å²) in [4.78, 5) is 11.9. The molecule has 5 nitrogen and oxygen atoms in total. The van der Waals surface area contributed by atoms with Crippen LogP contribution in [-0.4, -0.2) is 22.1 Å². The van der Waals surface area contributed by atoms with E-state index in [1.165, 1.54) is 7.11 Å². The van der Waals surface area contributed by atoms with E-state index in [-0.39, 0.29) is 17.3 Å². The van der Waals surface area contributed by atoms with Gasteiger partial charge in [-0.1, -0.05) is 30.3 Å². The van der Waals surface area contributed by atoms with E-state index in [2.05, 4.69) is 20.3 Å². The Bertz CT molecular complexity index is 521. The lowest BCUT2D eigenvalue weighted by atomic mass is 10.1. The number of ether oxygens (including phenoxy) is 1. The first-order chi connectivity index (χ1) is 8.69. The standard InChI is InChI=1S/C12H13ClN4O/c1-8(9-6-4-3-5-7-9)14-11-15-10(13)16-12(17-11)18-2/h3-8H,1-2H3,(H,14,15,16,17). The highest BCUT2D eigenvalue weighted by molar-refractivity contribution is 6.28. The average Bonchev–Trinajstić information content (AvgIpc) is 2.39. The fourth-order valence-electron chi connectivity index (χ4n) is 1.51. The summed E-state index contributed by atoms with van der Waals surface area (Å²) in [6.45, 7) is 2.01. The minimum atomic E-state index is 0.0642. The number of nitrogens with zero attached hydrogens (tertiary/aromatic N) is 3. The summed E-state index contributed by atoms with van der Waals surface area (Å²) in [5, 5.41) is 3.25.